The molecule has 2 amide bonds. The Labute approximate surface area is 121 Å². The van der Waals surface area contributed by atoms with Crippen LogP contribution in [-0.4, -0.2) is 28.0 Å². The molecule has 1 saturated heterocycles. The molecule has 102 valence electrons. The Bertz CT molecular complexity index is 507. The van der Waals surface area contributed by atoms with Gasteiger partial charge in [-0.05, 0) is 35.9 Å². The molecule has 1 atom stereocenters. The zero-order chi connectivity index (χ0) is 14.0. The highest BCUT2D eigenvalue weighted by atomic mass is 35.5. The monoisotopic (exact) mass is 298 g/mol. The molecule has 19 heavy (non-hydrogen) atoms. The number of amides is 2. The first-order chi connectivity index (χ1) is 8.97. The second kappa shape index (κ2) is 5.84. The van der Waals surface area contributed by atoms with Gasteiger partial charge in [-0.15, -0.1) is 0 Å². The number of imide groups is 1. The maximum absolute atomic E-state index is 12.1. The summed E-state index contributed by atoms with van der Waals surface area (Å²) in [6.07, 6.45) is 0. The Balaban J connectivity index is 2.07. The van der Waals surface area contributed by atoms with Crippen LogP contribution in [0, 0.1) is 5.92 Å². The normalized spacial score (nSPS) is 19.4. The molecule has 0 bridgehead atoms. The van der Waals surface area contributed by atoms with Crippen molar-refractivity contribution in [3.05, 3.63) is 29.3 Å². The van der Waals surface area contributed by atoms with Crippen molar-refractivity contribution in [1.82, 2.24) is 4.90 Å². The number of halogens is 1. The van der Waals surface area contributed by atoms with Gasteiger partial charge in [-0.1, -0.05) is 31.5 Å². The van der Waals surface area contributed by atoms with Gasteiger partial charge in [-0.25, -0.2) is 0 Å². The lowest BCUT2D eigenvalue weighted by Crippen LogP contribution is -2.36. The molecule has 0 aliphatic carbocycles. The fraction of sp³-hybridized carbons (Fsp3) is 0.385. The Morgan fingerprint density at radius 1 is 1.42 bits per heavy atom. The lowest BCUT2D eigenvalue weighted by Gasteiger charge is -2.16. The lowest BCUT2D eigenvalue weighted by atomic mass is 10.2. The van der Waals surface area contributed by atoms with Gasteiger partial charge in [0.05, 0.1) is 0 Å². The minimum atomic E-state index is -0.565. The van der Waals surface area contributed by atoms with Gasteiger partial charge < -0.3 is 5.32 Å². The van der Waals surface area contributed by atoms with E-state index in [4.69, 9.17) is 11.6 Å². The number of anilines is 1. The highest BCUT2D eigenvalue weighted by Crippen LogP contribution is 2.29. The van der Waals surface area contributed by atoms with Crippen molar-refractivity contribution >= 4 is 40.2 Å². The first-order valence-electron chi connectivity index (χ1n) is 6.01. The standard InChI is InChI=1S/C13H15ClN2O2S/c1-8(2)7-16-12(17)11(19-13(16)18)15-10-5-3-4-9(14)6-10/h3-6,8,11,15H,7H2,1-2H3/t11-/m1/s1. The number of carbonyl (C=O) groups excluding carboxylic acids is 2. The van der Waals surface area contributed by atoms with Crippen molar-refractivity contribution in [2.24, 2.45) is 5.92 Å². The number of hydrogen-bond acceptors (Lipinski definition) is 4. The maximum Gasteiger partial charge on any atom is 0.290 e. The zero-order valence-electron chi connectivity index (χ0n) is 10.7. The van der Waals surface area contributed by atoms with E-state index in [0.717, 1.165) is 17.4 Å². The van der Waals surface area contributed by atoms with Crippen molar-refractivity contribution < 1.29 is 9.59 Å². The van der Waals surface area contributed by atoms with E-state index in [1.54, 1.807) is 18.2 Å². The molecule has 0 spiro atoms. The highest BCUT2D eigenvalue weighted by molar-refractivity contribution is 8.15. The van der Waals surface area contributed by atoms with E-state index in [1.807, 2.05) is 19.9 Å². The minimum Gasteiger partial charge on any atom is -0.365 e. The third-order valence-corrected chi connectivity index (χ3v) is 3.81. The first kappa shape index (κ1) is 14.2. The topological polar surface area (TPSA) is 49.4 Å². The number of nitrogens with zero attached hydrogens (tertiary/aromatic N) is 1. The predicted octanol–water partition coefficient (Wildman–Crippen LogP) is 3.43. The fourth-order valence-corrected chi connectivity index (χ4v) is 2.90. The number of carbonyl (C=O) groups is 2. The molecule has 0 unspecified atom stereocenters. The summed E-state index contributed by atoms with van der Waals surface area (Å²) in [5, 5.41) is 2.86. The second-order valence-electron chi connectivity index (χ2n) is 4.76. The van der Waals surface area contributed by atoms with Crippen molar-refractivity contribution in [2.45, 2.75) is 19.2 Å². The molecule has 0 radical (unpaired) electrons. The average molecular weight is 299 g/mol. The molecule has 4 nitrogen and oxygen atoms in total. The van der Waals surface area contributed by atoms with Crippen LogP contribution in [0.1, 0.15) is 13.8 Å². The van der Waals surface area contributed by atoms with E-state index in [0.29, 0.717) is 11.6 Å². The average Bonchev–Trinajstić information content (AvgIpc) is 2.57. The van der Waals surface area contributed by atoms with Gasteiger partial charge >= 0.3 is 0 Å². The molecular formula is C13H15ClN2O2S. The largest absolute Gasteiger partial charge is 0.365 e. The van der Waals surface area contributed by atoms with Crippen molar-refractivity contribution in [3.63, 3.8) is 0 Å². The predicted molar refractivity (Wildman–Crippen MR) is 78.4 cm³/mol. The van der Waals surface area contributed by atoms with Gasteiger partial charge in [0.15, 0.2) is 5.37 Å². The fourth-order valence-electron chi connectivity index (χ4n) is 1.80. The zero-order valence-corrected chi connectivity index (χ0v) is 12.3. The van der Waals surface area contributed by atoms with Gasteiger partial charge in [0, 0.05) is 17.3 Å². The van der Waals surface area contributed by atoms with E-state index < -0.39 is 5.37 Å². The van der Waals surface area contributed by atoms with Crippen molar-refractivity contribution in [3.8, 4) is 0 Å². The highest BCUT2D eigenvalue weighted by Gasteiger charge is 2.39. The van der Waals surface area contributed by atoms with Crippen LogP contribution in [0.2, 0.25) is 5.02 Å². The van der Waals surface area contributed by atoms with Crippen molar-refractivity contribution in [2.75, 3.05) is 11.9 Å². The van der Waals surface area contributed by atoms with Gasteiger partial charge in [0.2, 0.25) is 0 Å². The van der Waals surface area contributed by atoms with Gasteiger partial charge in [-0.3, -0.25) is 14.5 Å². The summed E-state index contributed by atoms with van der Waals surface area (Å²) < 4.78 is 0. The second-order valence-corrected chi connectivity index (χ2v) is 6.25. The summed E-state index contributed by atoms with van der Waals surface area (Å²) in [5.41, 5.74) is 0.734. The SMILES string of the molecule is CC(C)CN1C(=O)S[C@@H](Nc2cccc(Cl)c2)C1=O. The summed E-state index contributed by atoms with van der Waals surface area (Å²) in [7, 11) is 0. The molecule has 1 aliphatic heterocycles. The molecule has 1 aromatic rings. The van der Waals surface area contributed by atoms with Gasteiger partial charge in [0.1, 0.15) is 0 Å². The Morgan fingerprint density at radius 3 is 2.79 bits per heavy atom. The number of benzene rings is 1. The maximum atomic E-state index is 12.1. The van der Waals surface area contributed by atoms with Crippen LogP contribution < -0.4 is 5.32 Å². The van der Waals surface area contributed by atoms with E-state index in [2.05, 4.69) is 5.32 Å². The van der Waals surface area contributed by atoms with Crippen LogP contribution in [0.15, 0.2) is 24.3 Å². The molecule has 2 rings (SSSR count). The molecular weight excluding hydrogens is 284 g/mol. The molecule has 0 aromatic heterocycles. The summed E-state index contributed by atoms with van der Waals surface area (Å²) in [6.45, 7) is 4.41. The summed E-state index contributed by atoms with van der Waals surface area (Å²) in [5.74, 6) is 0.0714. The van der Waals surface area contributed by atoms with Crippen LogP contribution in [0.4, 0.5) is 10.5 Å². The number of thioether (sulfide) groups is 1. The first-order valence-corrected chi connectivity index (χ1v) is 7.27. The molecule has 1 fully saturated rings. The third kappa shape index (κ3) is 3.42. The summed E-state index contributed by atoms with van der Waals surface area (Å²) in [4.78, 5) is 25.2. The van der Waals surface area contributed by atoms with E-state index in [9.17, 15) is 9.59 Å². The third-order valence-electron chi connectivity index (χ3n) is 2.60. The van der Waals surface area contributed by atoms with E-state index in [-0.39, 0.29) is 17.1 Å². The van der Waals surface area contributed by atoms with Crippen LogP contribution in [-0.2, 0) is 4.79 Å². The van der Waals surface area contributed by atoms with E-state index >= 15 is 0 Å². The minimum absolute atomic E-state index is 0.191. The molecule has 1 aromatic carbocycles. The summed E-state index contributed by atoms with van der Waals surface area (Å²) in [6, 6.07) is 7.09. The number of nitrogens with one attached hydrogen (secondary N) is 1. The smallest absolute Gasteiger partial charge is 0.290 e. The molecule has 1 N–H and O–H groups in total. The Hall–Kier alpha value is -1.20. The van der Waals surface area contributed by atoms with Crippen LogP contribution in [0.3, 0.4) is 0 Å². The molecule has 6 heteroatoms. The Morgan fingerprint density at radius 2 is 2.16 bits per heavy atom. The lowest BCUT2D eigenvalue weighted by molar-refractivity contribution is -0.126. The van der Waals surface area contributed by atoms with Gasteiger partial charge in [0.25, 0.3) is 11.1 Å². The number of hydrogen-bond donors (Lipinski definition) is 1. The van der Waals surface area contributed by atoms with Crippen LogP contribution in [0.25, 0.3) is 0 Å². The van der Waals surface area contributed by atoms with Crippen LogP contribution >= 0.6 is 23.4 Å². The number of rotatable bonds is 4. The Kier molecular flexibility index (Phi) is 4.37. The molecule has 1 heterocycles. The van der Waals surface area contributed by atoms with Crippen LogP contribution in [0.5, 0.6) is 0 Å². The summed E-state index contributed by atoms with van der Waals surface area (Å²) >= 11 is 6.89. The molecule has 1 aliphatic rings. The van der Waals surface area contributed by atoms with Crippen molar-refractivity contribution in [1.29, 1.82) is 0 Å². The molecule has 0 saturated carbocycles. The quantitative estimate of drug-likeness (QED) is 0.925. The van der Waals surface area contributed by atoms with Gasteiger partial charge in [-0.2, -0.15) is 0 Å². The van der Waals surface area contributed by atoms with E-state index in [1.165, 1.54) is 4.90 Å².